The van der Waals surface area contributed by atoms with Crippen LogP contribution < -0.4 is 0 Å². The maximum absolute atomic E-state index is 13.1. The lowest BCUT2D eigenvalue weighted by Gasteiger charge is -2.09. The molecule has 0 saturated heterocycles. The van der Waals surface area contributed by atoms with Crippen LogP contribution in [0.1, 0.15) is 5.56 Å². The summed E-state index contributed by atoms with van der Waals surface area (Å²) in [6.45, 7) is 0. The molecule has 0 aliphatic carbocycles. The molecule has 1 aromatic carbocycles. The highest BCUT2D eigenvalue weighted by molar-refractivity contribution is 5.93. The number of hydrogen-bond acceptors (Lipinski definition) is 4. The molecule has 3 aromatic heterocycles. The van der Waals surface area contributed by atoms with Gasteiger partial charge in [0.25, 0.3) is 0 Å². The first kappa shape index (κ1) is 12.7. The van der Waals surface area contributed by atoms with E-state index in [0.29, 0.717) is 17.2 Å². The Balaban J connectivity index is 2.04. The Hall–Kier alpha value is -2.97. The summed E-state index contributed by atoms with van der Waals surface area (Å²) in [6.07, 6.45) is -1.71. The number of aromatic nitrogens is 6. The van der Waals surface area contributed by atoms with E-state index in [9.17, 15) is 13.2 Å². The van der Waals surface area contributed by atoms with Gasteiger partial charge in [0.2, 0.25) is 0 Å². The normalized spacial score (nSPS) is 12.3. The number of nitrogens with zero attached hydrogens (tertiary/aromatic N) is 5. The average molecular weight is 304 g/mol. The fourth-order valence-corrected chi connectivity index (χ4v) is 2.29. The standard InChI is InChI=1S/C13H7F3N6/c14-13(15,16)8-3-1-2-7-10(8)17-6-22-12(7)19-11(21-22)9-4-5-18-20-9/h1-6H,(H,18,20). The van der Waals surface area contributed by atoms with Gasteiger partial charge in [-0.3, -0.25) is 5.10 Å². The lowest BCUT2D eigenvalue weighted by Crippen LogP contribution is -2.07. The van der Waals surface area contributed by atoms with Crippen LogP contribution in [-0.4, -0.2) is 29.8 Å². The van der Waals surface area contributed by atoms with Crippen LogP contribution in [0.3, 0.4) is 0 Å². The molecule has 9 heteroatoms. The predicted octanol–water partition coefficient (Wildman–Crippen LogP) is 2.69. The Morgan fingerprint density at radius 1 is 1.14 bits per heavy atom. The third-order valence-electron chi connectivity index (χ3n) is 3.25. The summed E-state index contributed by atoms with van der Waals surface area (Å²) in [5.74, 6) is 0.337. The van der Waals surface area contributed by atoms with Crippen LogP contribution in [0.2, 0.25) is 0 Å². The number of nitrogens with one attached hydrogen (secondary N) is 1. The first-order chi connectivity index (χ1) is 10.5. The monoisotopic (exact) mass is 304 g/mol. The van der Waals surface area contributed by atoms with E-state index in [1.807, 2.05) is 0 Å². The maximum atomic E-state index is 13.1. The van der Waals surface area contributed by atoms with Gasteiger partial charge in [-0.1, -0.05) is 6.07 Å². The molecule has 1 N–H and O–H groups in total. The molecule has 4 aromatic rings. The topological polar surface area (TPSA) is 71.8 Å². The Kier molecular flexibility index (Phi) is 2.47. The van der Waals surface area contributed by atoms with Gasteiger partial charge in [0.05, 0.1) is 11.1 Å². The van der Waals surface area contributed by atoms with Gasteiger partial charge in [-0.05, 0) is 18.2 Å². The fraction of sp³-hybridized carbons (Fsp3) is 0.0769. The SMILES string of the molecule is FC(F)(F)c1cccc2c1ncn1nc(-c3ccn[nH]3)nc21. The molecule has 0 spiro atoms. The second-order valence-corrected chi connectivity index (χ2v) is 4.62. The van der Waals surface area contributed by atoms with Crippen molar-refractivity contribution in [1.82, 2.24) is 29.8 Å². The van der Waals surface area contributed by atoms with Crippen LogP contribution in [0.5, 0.6) is 0 Å². The van der Waals surface area contributed by atoms with Crippen molar-refractivity contribution in [3.63, 3.8) is 0 Å². The minimum absolute atomic E-state index is 0.147. The number of benzene rings is 1. The third-order valence-corrected chi connectivity index (χ3v) is 3.25. The van der Waals surface area contributed by atoms with Gasteiger partial charge in [0, 0.05) is 11.6 Å². The first-order valence-electron chi connectivity index (χ1n) is 6.25. The van der Waals surface area contributed by atoms with Crippen LogP contribution in [0.15, 0.2) is 36.8 Å². The van der Waals surface area contributed by atoms with Crippen molar-refractivity contribution in [2.45, 2.75) is 6.18 Å². The molecule has 0 unspecified atom stereocenters. The minimum atomic E-state index is -4.48. The molecule has 110 valence electrons. The van der Waals surface area contributed by atoms with Gasteiger partial charge in [0.15, 0.2) is 11.5 Å². The first-order valence-corrected chi connectivity index (χ1v) is 6.25. The zero-order valence-electron chi connectivity index (χ0n) is 10.8. The molecule has 0 saturated carbocycles. The van der Waals surface area contributed by atoms with Crippen molar-refractivity contribution < 1.29 is 13.2 Å². The molecular weight excluding hydrogens is 297 g/mol. The van der Waals surface area contributed by atoms with Gasteiger partial charge >= 0.3 is 6.18 Å². The number of rotatable bonds is 1. The van der Waals surface area contributed by atoms with E-state index in [2.05, 4.69) is 25.3 Å². The molecule has 0 fully saturated rings. The van der Waals surface area contributed by atoms with Crippen LogP contribution >= 0.6 is 0 Å². The molecule has 3 heterocycles. The fourth-order valence-electron chi connectivity index (χ4n) is 2.29. The van der Waals surface area contributed by atoms with Crippen molar-refractivity contribution in [2.24, 2.45) is 0 Å². The molecule has 22 heavy (non-hydrogen) atoms. The van der Waals surface area contributed by atoms with E-state index in [-0.39, 0.29) is 10.9 Å². The number of aromatic amines is 1. The zero-order chi connectivity index (χ0) is 15.3. The number of fused-ring (bicyclic) bond motifs is 3. The molecular formula is C13H7F3N6. The van der Waals surface area contributed by atoms with Crippen molar-refractivity contribution in [2.75, 3.05) is 0 Å². The molecule has 6 nitrogen and oxygen atoms in total. The Labute approximate surface area is 120 Å². The van der Waals surface area contributed by atoms with Gasteiger partial charge in [-0.25, -0.2) is 14.5 Å². The van der Waals surface area contributed by atoms with Crippen molar-refractivity contribution in [1.29, 1.82) is 0 Å². The molecule has 0 aliphatic rings. The third kappa shape index (κ3) is 1.82. The average Bonchev–Trinajstić information content (AvgIpc) is 3.14. The van der Waals surface area contributed by atoms with Crippen LogP contribution in [0.4, 0.5) is 13.2 Å². The molecule has 0 radical (unpaired) electrons. The van der Waals surface area contributed by atoms with Crippen molar-refractivity contribution >= 4 is 16.6 Å². The summed E-state index contributed by atoms with van der Waals surface area (Å²) >= 11 is 0. The van der Waals surface area contributed by atoms with Crippen LogP contribution in [-0.2, 0) is 6.18 Å². The molecule has 0 amide bonds. The Morgan fingerprint density at radius 2 is 2.00 bits per heavy atom. The number of hydrogen-bond donors (Lipinski definition) is 1. The van der Waals surface area contributed by atoms with Crippen molar-refractivity contribution in [3.8, 4) is 11.5 Å². The summed E-state index contributed by atoms with van der Waals surface area (Å²) in [4.78, 5) is 8.16. The molecule has 0 bridgehead atoms. The van der Waals surface area contributed by atoms with E-state index in [0.717, 1.165) is 6.07 Å². The number of para-hydroxylation sites is 1. The number of alkyl halides is 3. The zero-order valence-corrected chi connectivity index (χ0v) is 10.8. The lowest BCUT2D eigenvalue weighted by atomic mass is 10.1. The highest BCUT2D eigenvalue weighted by Gasteiger charge is 2.33. The second-order valence-electron chi connectivity index (χ2n) is 4.62. The van der Waals surface area contributed by atoms with Gasteiger partial charge < -0.3 is 0 Å². The van der Waals surface area contributed by atoms with E-state index < -0.39 is 11.7 Å². The highest BCUT2D eigenvalue weighted by Crippen LogP contribution is 2.34. The summed E-state index contributed by atoms with van der Waals surface area (Å²) in [7, 11) is 0. The van der Waals surface area contributed by atoms with E-state index in [1.165, 1.54) is 16.9 Å². The Morgan fingerprint density at radius 3 is 2.73 bits per heavy atom. The highest BCUT2D eigenvalue weighted by atomic mass is 19.4. The quantitative estimate of drug-likeness (QED) is 0.587. The molecule has 0 atom stereocenters. The van der Waals surface area contributed by atoms with E-state index in [1.54, 1.807) is 18.3 Å². The largest absolute Gasteiger partial charge is 0.418 e. The summed E-state index contributed by atoms with van der Waals surface area (Å²) in [6, 6.07) is 5.54. The predicted molar refractivity (Wildman–Crippen MR) is 70.9 cm³/mol. The minimum Gasteiger partial charge on any atom is -0.275 e. The van der Waals surface area contributed by atoms with Gasteiger partial charge in [-0.15, -0.1) is 5.10 Å². The number of halogens is 3. The maximum Gasteiger partial charge on any atom is 0.418 e. The van der Waals surface area contributed by atoms with Crippen LogP contribution in [0.25, 0.3) is 28.1 Å². The van der Waals surface area contributed by atoms with Gasteiger partial charge in [0.1, 0.15) is 12.0 Å². The summed E-state index contributed by atoms with van der Waals surface area (Å²) < 4.78 is 40.5. The van der Waals surface area contributed by atoms with Crippen molar-refractivity contribution in [3.05, 3.63) is 42.4 Å². The lowest BCUT2D eigenvalue weighted by molar-refractivity contribution is -0.136. The second kappa shape index (κ2) is 4.26. The Bertz CT molecular complexity index is 971. The van der Waals surface area contributed by atoms with Crippen LogP contribution in [0, 0.1) is 0 Å². The smallest absolute Gasteiger partial charge is 0.275 e. The van der Waals surface area contributed by atoms with E-state index >= 15 is 0 Å². The molecule has 0 aliphatic heterocycles. The van der Waals surface area contributed by atoms with Gasteiger partial charge in [-0.2, -0.15) is 18.3 Å². The molecule has 4 rings (SSSR count). The van der Waals surface area contributed by atoms with E-state index in [4.69, 9.17) is 0 Å². The summed E-state index contributed by atoms with van der Waals surface area (Å²) in [5.41, 5.74) is -0.0609. The summed E-state index contributed by atoms with van der Waals surface area (Å²) in [5, 5.41) is 11.0. The number of H-pyrrole nitrogens is 1.